The van der Waals surface area contributed by atoms with Gasteiger partial charge in [-0.2, -0.15) is 5.48 Å². The first-order chi connectivity index (χ1) is 19.4. The first kappa shape index (κ1) is 29.3. The predicted octanol–water partition coefficient (Wildman–Crippen LogP) is 3.19. The average molecular weight is 548 g/mol. The molecule has 9 heteroatoms. The number of aliphatic hydroxyl groups is 3. The van der Waals surface area contributed by atoms with E-state index in [9.17, 15) is 20.1 Å². The van der Waals surface area contributed by atoms with Gasteiger partial charge >= 0.3 is 0 Å². The third-order valence-electron chi connectivity index (χ3n) is 6.92. The van der Waals surface area contributed by atoms with Gasteiger partial charge in [-0.15, -0.1) is 0 Å². The second-order valence-electron chi connectivity index (χ2n) is 9.82. The Labute approximate surface area is 233 Å². The van der Waals surface area contributed by atoms with Gasteiger partial charge in [-0.1, -0.05) is 60.7 Å². The Balaban J connectivity index is 1.46. The van der Waals surface area contributed by atoms with E-state index in [0.29, 0.717) is 19.3 Å². The second kappa shape index (κ2) is 14.6. The summed E-state index contributed by atoms with van der Waals surface area (Å²) in [4.78, 5) is 22.2. The van der Waals surface area contributed by atoms with Gasteiger partial charge < -0.3 is 30.4 Å². The first-order valence-electron chi connectivity index (χ1n) is 13.4. The molecule has 0 aliphatic heterocycles. The minimum Gasteiger partial charge on any atom is -0.497 e. The summed E-state index contributed by atoms with van der Waals surface area (Å²) < 4.78 is 5.20. The van der Waals surface area contributed by atoms with Crippen molar-refractivity contribution in [2.45, 2.75) is 50.8 Å². The Hall–Kier alpha value is -3.73. The molecule has 0 fully saturated rings. The monoisotopic (exact) mass is 547 g/mol. The lowest BCUT2D eigenvalue weighted by Gasteiger charge is -2.27. The molecule has 0 bridgehead atoms. The standard InChI is InChI=1S/C31H37N3O6/c1-39-25-15-12-21(13-16-25)11-14-23(18-29(35)36)30(37)33-28(17-24-19-32-27-10-6-5-9-26(24)27)31(38)34-40-20-22-7-3-2-4-8-22/h2-10,12-13,15-16,19,23,28-29,31-32,34-36,38H,11,14,17-18,20H2,1H3,(H,33,37)/t23-,28+,31?/m1/s1. The molecule has 6 N–H and O–H groups in total. The number of aromatic nitrogens is 1. The smallest absolute Gasteiger partial charge is 0.223 e. The second-order valence-corrected chi connectivity index (χ2v) is 9.82. The maximum atomic E-state index is 13.5. The van der Waals surface area contributed by atoms with Gasteiger partial charge in [-0.25, -0.2) is 0 Å². The number of aliphatic hydroxyl groups excluding tert-OH is 2. The van der Waals surface area contributed by atoms with E-state index in [1.165, 1.54) is 0 Å². The summed E-state index contributed by atoms with van der Waals surface area (Å²) in [5.74, 6) is -0.333. The van der Waals surface area contributed by atoms with Crippen molar-refractivity contribution in [2.75, 3.05) is 7.11 Å². The molecule has 3 atom stereocenters. The van der Waals surface area contributed by atoms with Crippen molar-refractivity contribution < 1.29 is 29.7 Å². The maximum Gasteiger partial charge on any atom is 0.223 e. The van der Waals surface area contributed by atoms with Crippen LogP contribution in [0.1, 0.15) is 29.5 Å². The number of para-hydroxylation sites is 1. The van der Waals surface area contributed by atoms with Crippen molar-refractivity contribution in [3.63, 3.8) is 0 Å². The zero-order valence-corrected chi connectivity index (χ0v) is 22.5. The molecule has 1 amide bonds. The van der Waals surface area contributed by atoms with E-state index in [1.807, 2.05) is 85.1 Å². The molecule has 1 aromatic heterocycles. The van der Waals surface area contributed by atoms with E-state index >= 15 is 0 Å². The molecule has 0 saturated heterocycles. The molecular formula is C31H37N3O6. The van der Waals surface area contributed by atoms with Gasteiger partial charge in [0.2, 0.25) is 5.91 Å². The molecule has 40 heavy (non-hydrogen) atoms. The lowest BCUT2D eigenvalue weighted by Crippen LogP contribution is -2.52. The molecule has 0 spiro atoms. The number of carbonyl (C=O) groups excluding carboxylic acids is 1. The van der Waals surface area contributed by atoms with Crippen LogP contribution in [0.5, 0.6) is 5.75 Å². The van der Waals surface area contributed by atoms with E-state index in [4.69, 9.17) is 9.57 Å². The Kier molecular flexibility index (Phi) is 10.7. The molecule has 0 aliphatic carbocycles. The summed E-state index contributed by atoms with van der Waals surface area (Å²) in [5, 5.41) is 34.4. The van der Waals surface area contributed by atoms with Gasteiger partial charge in [-0.3, -0.25) is 9.63 Å². The van der Waals surface area contributed by atoms with Crippen LogP contribution in [0.3, 0.4) is 0 Å². The zero-order chi connectivity index (χ0) is 28.3. The normalized spacial score (nSPS) is 13.7. The van der Waals surface area contributed by atoms with Crippen LogP contribution in [0.15, 0.2) is 85.1 Å². The van der Waals surface area contributed by atoms with Crippen LogP contribution in [0.2, 0.25) is 0 Å². The van der Waals surface area contributed by atoms with Crippen LogP contribution in [0.4, 0.5) is 0 Å². The van der Waals surface area contributed by atoms with Crippen LogP contribution >= 0.6 is 0 Å². The van der Waals surface area contributed by atoms with Crippen LogP contribution in [-0.4, -0.2) is 51.9 Å². The molecule has 0 saturated carbocycles. The quantitative estimate of drug-likeness (QED) is 0.0994. The van der Waals surface area contributed by atoms with Gasteiger partial charge in [-0.05, 0) is 54.2 Å². The molecule has 3 aromatic carbocycles. The Bertz CT molecular complexity index is 1330. The topological polar surface area (TPSA) is 136 Å². The largest absolute Gasteiger partial charge is 0.497 e. The molecule has 1 unspecified atom stereocenters. The zero-order valence-electron chi connectivity index (χ0n) is 22.5. The summed E-state index contributed by atoms with van der Waals surface area (Å²) >= 11 is 0. The highest BCUT2D eigenvalue weighted by Gasteiger charge is 2.28. The van der Waals surface area contributed by atoms with Crippen molar-refractivity contribution in [1.82, 2.24) is 15.8 Å². The van der Waals surface area contributed by atoms with Crippen molar-refractivity contribution in [3.05, 3.63) is 102 Å². The number of benzene rings is 3. The number of ether oxygens (including phenoxy) is 1. The highest BCUT2D eigenvalue weighted by Crippen LogP contribution is 2.22. The van der Waals surface area contributed by atoms with E-state index in [0.717, 1.165) is 33.3 Å². The number of aryl methyl sites for hydroxylation is 1. The molecule has 0 radical (unpaired) electrons. The number of hydrogen-bond donors (Lipinski definition) is 6. The Morgan fingerprint density at radius 3 is 2.38 bits per heavy atom. The third-order valence-corrected chi connectivity index (χ3v) is 6.92. The van der Waals surface area contributed by atoms with Gasteiger partial charge in [0.1, 0.15) is 12.0 Å². The number of amides is 1. The number of rotatable bonds is 15. The van der Waals surface area contributed by atoms with Crippen LogP contribution < -0.4 is 15.5 Å². The van der Waals surface area contributed by atoms with Crippen LogP contribution in [0.25, 0.3) is 10.9 Å². The van der Waals surface area contributed by atoms with Gasteiger partial charge in [0, 0.05) is 29.4 Å². The minimum atomic E-state index is -1.64. The van der Waals surface area contributed by atoms with E-state index in [2.05, 4.69) is 15.8 Å². The average Bonchev–Trinajstić information content (AvgIpc) is 3.38. The fraction of sp³-hybridized carbons (Fsp3) is 0.323. The maximum absolute atomic E-state index is 13.5. The predicted molar refractivity (Wildman–Crippen MR) is 152 cm³/mol. The molecule has 4 aromatic rings. The van der Waals surface area contributed by atoms with Crippen molar-refractivity contribution in [1.29, 1.82) is 0 Å². The molecule has 212 valence electrons. The number of hydroxylamine groups is 1. The van der Waals surface area contributed by atoms with E-state index in [1.54, 1.807) is 7.11 Å². The highest BCUT2D eigenvalue weighted by atomic mass is 16.7. The number of H-pyrrole nitrogens is 1. The summed E-state index contributed by atoms with van der Waals surface area (Å²) in [6, 6.07) is 24.1. The molecular weight excluding hydrogens is 510 g/mol. The van der Waals surface area contributed by atoms with Gasteiger partial charge in [0.15, 0.2) is 6.29 Å². The summed E-state index contributed by atoms with van der Waals surface area (Å²) in [5.41, 5.74) is 6.46. The number of aromatic amines is 1. The highest BCUT2D eigenvalue weighted by molar-refractivity contribution is 5.83. The number of hydrogen-bond acceptors (Lipinski definition) is 7. The van der Waals surface area contributed by atoms with Crippen molar-refractivity contribution in [2.24, 2.45) is 5.92 Å². The first-order valence-corrected chi connectivity index (χ1v) is 13.4. The Morgan fingerprint density at radius 2 is 1.65 bits per heavy atom. The fourth-order valence-corrected chi connectivity index (χ4v) is 4.69. The molecule has 0 aliphatic rings. The van der Waals surface area contributed by atoms with E-state index < -0.39 is 24.5 Å². The number of fused-ring (bicyclic) bond motifs is 1. The lowest BCUT2D eigenvalue weighted by molar-refractivity contribution is -0.133. The van der Waals surface area contributed by atoms with Crippen LogP contribution in [-0.2, 0) is 29.1 Å². The third kappa shape index (κ3) is 8.38. The number of methoxy groups -OCH3 is 1. The van der Waals surface area contributed by atoms with Crippen molar-refractivity contribution >= 4 is 16.8 Å². The Morgan fingerprint density at radius 1 is 0.925 bits per heavy atom. The van der Waals surface area contributed by atoms with Crippen LogP contribution in [0, 0.1) is 5.92 Å². The lowest BCUT2D eigenvalue weighted by atomic mass is 9.94. The van der Waals surface area contributed by atoms with Crippen molar-refractivity contribution in [3.8, 4) is 5.75 Å². The fourth-order valence-electron chi connectivity index (χ4n) is 4.69. The SMILES string of the molecule is COc1ccc(CC[C@H](CC(O)O)C(=O)N[C@@H](Cc2c[nH]c3ccccc23)C(O)NOCc2ccccc2)cc1. The van der Waals surface area contributed by atoms with Gasteiger partial charge in [0.05, 0.1) is 19.8 Å². The summed E-state index contributed by atoms with van der Waals surface area (Å²) in [6.45, 7) is 0.229. The summed E-state index contributed by atoms with van der Waals surface area (Å²) in [7, 11) is 1.60. The van der Waals surface area contributed by atoms with Gasteiger partial charge in [0.25, 0.3) is 0 Å². The molecule has 1 heterocycles. The number of nitrogens with one attached hydrogen (secondary N) is 3. The van der Waals surface area contributed by atoms with E-state index in [-0.39, 0.29) is 18.9 Å². The number of carbonyl (C=O) groups is 1. The molecule has 4 rings (SSSR count). The minimum absolute atomic E-state index is 0.129. The molecule has 9 nitrogen and oxygen atoms in total. The summed E-state index contributed by atoms with van der Waals surface area (Å²) in [6.07, 6.45) is 0.118.